The van der Waals surface area contributed by atoms with Gasteiger partial charge in [0.05, 0.1) is 5.56 Å². The molecule has 3 aromatic rings. The molecule has 33 heavy (non-hydrogen) atoms. The molecule has 0 radical (unpaired) electrons. The van der Waals surface area contributed by atoms with Crippen LogP contribution in [0, 0.1) is 6.92 Å². The predicted octanol–water partition coefficient (Wildman–Crippen LogP) is 4.39. The second kappa shape index (κ2) is 9.42. The number of carbonyl (C=O) groups is 2. The number of fused-ring (bicyclic) bond motifs is 1. The third kappa shape index (κ3) is 5.04. The van der Waals surface area contributed by atoms with Crippen molar-refractivity contribution in [1.82, 2.24) is 10.4 Å². The van der Waals surface area contributed by atoms with Crippen molar-refractivity contribution in [3.63, 3.8) is 0 Å². The van der Waals surface area contributed by atoms with E-state index in [1.807, 2.05) is 68.4 Å². The van der Waals surface area contributed by atoms with Gasteiger partial charge in [-0.05, 0) is 60.5 Å². The first-order chi connectivity index (χ1) is 15.8. The largest absolute Gasteiger partial charge is 0.484 e. The zero-order valence-electron chi connectivity index (χ0n) is 18.6. The Hall–Kier alpha value is -3.71. The molecule has 7 nitrogen and oxygen atoms in total. The highest BCUT2D eigenvalue weighted by molar-refractivity contribution is 6.31. The molecular weight excluding hydrogens is 440 g/mol. The highest BCUT2D eigenvalue weighted by Crippen LogP contribution is 2.34. The SMILES string of the molecule is Cc1cccc(OCC(=O)NN2C(=O)c3cc(Cl)ccc3NC2c2ccc(N(C)C)cc2)c1. The van der Waals surface area contributed by atoms with Crippen LogP contribution in [0.3, 0.4) is 0 Å². The number of aryl methyl sites for hydroxylation is 1. The number of hydrogen-bond donors (Lipinski definition) is 2. The van der Waals surface area contributed by atoms with Gasteiger partial charge in [0.25, 0.3) is 11.8 Å². The number of ether oxygens (including phenoxy) is 1. The molecule has 0 saturated carbocycles. The van der Waals surface area contributed by atoms with Gasteiger partial charge in [-0.25, -0.2) is 5.01 Å². The molecule has 0 fully saturated rings. The van der Waals surface area contributed by atoms with E-state index in [4.69, 9.17) is 16.3 Å². The van der Waals surface area contributed by atoms with Crippen molar-refractivity contribution in [3.05, 3.63) is 88.4 Å². The van der Waals surface area contributed by atoms with Crippen molar-refractivity contribution >= 4 is 34.8 Å². The van der Waals surface area contributed by atoms with Crippen molar-refractivity contribution in [2.75, 3.05) is 30.9 Å². The summed E-state index contributed by atoms with van der Waals surface area (Å²) < 4.78 is 5.60. The Morgan fingerprint density at radius 3 is 2.58 bits per heavy atom. The minimum Gasteiger partial charge on any atom is -0.484 e. The van der Waals surface area contributed by atoms with Crippen molar-refractivity contribution in [2.45, 2.75) is 13.1 Å². The Morgan fingerprint density at radius 1 is 1.12 bits per heavy atom. The van der Waals surface area contributed by atoms with E-state index < -0.39 is 12.1 Å². The molecule has 170 valence electrons. The van der Waals surface area contributed by atoms with Crippen LogP contribution in [0.4, 0.5) is 11.4 Å². The molecule has 1 aliphatic rings. The maximum Gasteiger partial charge on any atom is 0.276 e. The van der Waals surface area contributed by atoms with Gasteiger partial charge in [-0.3, -0.25) is 15.0 Å². The lowest BCUT2D eigenvalue weighted by Crippen LogP contribution is -2.53. The van der Waals surface area contributed by atoms with Gasteiger partial charge in [-0.1, -0.05) is 35.9 Å². The zero-order chi connectivity index (χ0) is 23.5. The van der Waals surface area contributed by atoms with Crippen molar-refractivity contribution in [1.29, 1.82) is 0 Å². The second-order valence-electron chi connectivity index (χ2n) is 8.04. The fourth-order valence-electron chi connectivity index (χ4n) is 3.60. The molecule has 0 bridgehead atoms. The van der Waals surface area contributed by atoms with E-state index in [9.17, 15) is 9.59 Å². The maximum atomic E-state index is 13.3. The van der Waals surface area contributed by atoms with Crippen LogP contribution in [-0.2, 0) is 4.79 Å². The molecule has 4 rings (SSSR count). The van der Waals surface area contributed by atoms with E-state index in [-0.39, 0.29) is 12.5 Å². The summed E-state index contributed by atoms with van der Waals surface area (Å²) >= 11 is 6.12. The summed E-state index contributed by atoms with van der Waals surface area (Å²) in [5.74, 6) is -0.231. The number of hydrogen-bond acceptors (Lipinski definition) is 5. The van der Waals surface area contributed by atoms with E-state index in [0.717, 1.165) is 16.8 Å². The number of benzene rings is 3. The third-order valence-corrected chi connectivity index (χ3v) is 5.55. The van der Waals surface area contributed by atoms with Crippen LogP contribution in [0.5, 0.6) is 5.75 Å². The molecule has 0 spiro atoms. The number of carbonyl (C=O) groups excluding carboxylic acids is 2. The predicted molar refractivity (Wildman–Crippen MR) is 130 cm³/mol. The summed E-state index contributed by atoms with van der Waals surface area (Å²) in [4.78, 5) is 28.1. The first-order valence-electron chi connectivity index (χ1n) is 10.5. The monoisotopic (exact) mass is 464 g/mol. The van der Waals surface area contributed by atoms with Gasteiger partial charge in [-0.2, -0.15) is 0 Å². The van der Waals surface area contributed by atoms with E-state index in [2.05, 4.69) is 10.7 Å². The molecule has 1 heterocycles. The summed E-state index contributed by atoms with van der Waals surface area (Å²) in [6.45, 7) is 1.71. The molecule has 2 amide bonds. The first-order valence-corrected chi connectivity index (χ1v) is 10.9. The van der Waals surface area contributed by atoms with Gasteiger partial charge in [0.2, 0.25) is 0 Å². The van der Waals surface area contributed by atoms with Gasteiger partial charge >= 0.3 is 0 Å². The van der Waals surface area contributed by atoms with Crippen LogP contribution in [0.1, 0.15) is 27.7 Å². The minimum absolute atomic E-state index is 0.234. The summed E-state index contributed by atoms with van der Waals surface area (Å²) in [5.41, 5.74) is 6.59. The number of halogens is 1. The quantitative estimate of drug-likeness (QED) is 0.566. The van der Waals surface area contributed by atoms with E-state index in [1.54, 1.807) is 24.3 Å². The number of amides is 2. The normalized spacial score (nSPS) is 14.8. The topological polar surface area (TPSA) is 73.9 Å². The Balaban J connectivity index is 1.58. The van der Waals surface area contributed by atoms with Crippen LogP contribution in [0.25, 0.3) is 0 Å². The molecule has 0 aromatic heterocycles. The van der Waals surface area contributed by atoms with Crippen LogP contribution in [0.15, 0.2) is 66.7 Å². The molecule has 1 atom stereocenters. The second-order valence-corrected chi connectivity index (χ2v) is 8.47. The van der Waals surface area contributed by atoms with Gasteiger partial charge in [0.15, 0.2) is 6.61 Å². The maximum absolute atomic E-state index is 13.3. The van der Waals surface area contributed by atoms with E-state index in [1.165, 1.54) is 5.01 Å². The lowest BCUT2D eigenvalue weighted by molar-refractivity contribution is -0.127. The highest BCUT2D eigenvalue weighted by atomic mass is 35.5. The number of nitrogens with zero attached hydrogens (tertiary/aromatic N) is 2. The minimum atomic E-state index is -0.606. The van der Waals surface area contributed by atoms with Crippen molar-refractivity contribution in [3.8, 4) is 5.75 Å². The third-order valence-electron chi connectivity index (χ3n) is 5.31. The summed E-state index contributed by atoms with van der Waals surface area (Å²) in [6, 6.07) is 20.2. The zero-order valence-corrected chi connectivity index (χ0v) is 19.4. The van der Waals surface area contributed by atoms with Gasteiger partial charge in [-0.15, -0.1) is 0 Å². The number of rotatable bonds is 6. The lowest BCUT2D eigenvalue weighted by Gasteiger charge is -2.38. The van der Waals surface area contributed by atoms with Crippen LogP contribution in [0.2, 0.25) is 5.02 Å². The Morgan fingerprint density at radius 2 is 1.88 bits per heavy atom. The molecule has 3 aromatic carbocycles. The summed E-state index contributed by atoms with van der Waals surface area (Å²) in [6.07, 6.45) is -0.606. The molecule has 0 aliphatic carbocycles. The Bertz CT molecular complexity index is 1180. The fraction of sp³-hybridized carbons (Fsp3) is 0.200. The molecule has 8 heteroatoms. The average molecular weight is 465 g/mol. The number of nitrogens with one attached hydrogen (secondary N) is 2. The molecule has 1 aliphatic heterocycles. The van der Waals surface area contributed by atoms with Crippen LogP contribution >= 0.6 is 11.6 Å². The van der Waals surface area contributed by atoms with E-state index in [0.29, 0.717) is 22.0 Å². The van der Waals surface area contributed by atoms with Crippen molar-refractivity contribution in [2.24, 2.45) is 0 Å². The molecule has 2 N–H and O–H groups in total. The van der Waals surface area contributed by atoms with Crippen molar-refractivity contribution < 1.29 is 14.3 Å². The molecular formula is C25H25ClN4O3. The van der Waals surface area contributed by atoms with Gasteiger partial charge < -0.3 is 15.0 Å². The fourth-order valence-corrected chi connectivity index (χ4v) is 3.77. The first kappa shape index (κ1) is 22.5. The molecule has 0 saturated heterocycles. The number of hydrazine groups is 1. The summed E-state index contributed by atoms with van der Waals surface area (Å²) in [5, 5.41) is 5.05. The standard InChI is InChI=1S/C25H25ClN4O3/c1-16-5-4-6-20(13-16)33-15-23(31)28-30-24(17-7-10-19(11-8-17)29(2)3)27-22-12-9-18(26)14-21(22)25(30)32/h4-14,24,27H,15H2,1-3H3,(H,28,31). The highest BCUT2D eigenvalue weighted by Gasteiger charge is 2.34. The van der Waals surface area contributed by atoms with E-state index >= 15 is 0 Å². The Labute approximate surface area is 197 Å². The molecule has 1 unspecified atom stereocenters. The Kier molecular flexibility index (Phi) is 6.42. The lowest BCUT2D eigenvalue weighted by atomic mass is 10.0. The van der Waals surface area contributed by atoms with Crippen LogP contribution in [-0.4, -0.2) is 37.5 Å². The van der Waals surface area contributed by atoms with Gasteiger partial charge in [0.1, 0.15) is 11.9 Å². The van der Waals surface area contributed by atoms with Crippen LogP contribution < -0.4 is 20.4 Å². The average Bonchev–Trinajstić information content (AvgIpc) is 2.80. The number of anilines is 2. The summed E-state index contributed by atoms with van der Waals surface area (Å²) in [7, 11) is 3.91. The smallest absolute Gasteiger partial charge is 0.276 e. The van der Waals surface area contributed by atoms with Gasteiger partial charge in [0, 0.05) is 30.5 Å².